The molecule has 15 heteroatoms. The lowest BCUT2D eigenvalue weighted by molar-refractivity contribution is -0.126. The number of allylic oxidation sites excluding steroid dienone is 1. The van der Waals surface area contributed by atoms with E-state index >= 15 is 0 Å². The van der Waals surface area contributed by atoms with E-state index in [4.69, 9.17) is 5.73 Å². The van der Waals surface area contributed by atoms with E-state index in [9.17, 15) is 27.9 Å². The number of benzene rings is 3. The van der Waals surface area contributed by atoms with Gasteiger partial charge in [-0.15, -0.1) is 12.4 Å². The number of nitrogens with one attached hydrogen (secondary N) is 1. The summed E-state index contributed by atoms with van der Waals surface area (Å²) in [5.41, 5.74) is 8.07. The van der Waals surface area contributed by atoms with E-state index in [2.05, 4.69) is 14.7 Å². The van der Waals surface area contributed by atoms with Crippen LogP contribution < -0.4 is 15.4 Å². The Morgan fingerprint density at radius 2 is 1.71 bits per heavy atom. The number of halogens is 1. The maximum absolute atomic E-state index is 13.3. The van der Waals surface area contributed by atoms with E-state index in [1.54, 1.807) is 62.4 Å². The van der Waals surface area contributed by atoms with E-state index in [-0.39, 0.29) is 59.1 Å². The number of sulfonamides is 1. The minimum absolute atomic E-state index is 0. The van der Waals surface area contributed by atoms with Crippen molar-refractivity contribution in [2.75, 3.05) is 31.3 Å². The third-order valence-corrected chi connectivity index (χ3v) is 10.2. The number of hydrogen-bond donors (Lipinski definition) is 3. The Labute approximate surface area is 296 Å². The molecule has 4 rings (SSSR count). The molecule has 1 amide bonds. The summed E-state index contributed by atoms with van der Waals surface area (Å²) < 4.78 is 29.1. The molecule has 0 aliphatic carbocycles. The van der Waals surface area contributed by atoms with Gasteiger partial charge in [0.25, 0.3) is 0 Å². The zero-order valence-electron chi connectivity index (χ0n) is 27.5. The van der Waals surface area contributed by atoms with Gasteiger partial charge in [-0.25, -0.2) is 23.1 Å². The van der Waals surface area contributed by atoms with Crippen LogP contribution in [0.3, 0.4) is 0 Å². The number of ketones is 1. The van der Waals surface area contributed by atoms with Crippen molar-refractivity contribution in [2.24, 2.45) is 0 Å². The quantitative estimate of drug-likeness (QED) is 0.148. The fourth-order valence-electron chi connectivity index (χ4n) is 4.95. The number of fused-ring (bicyclic) bond motifs is 1. The lowest BCUT2D eigenvalue weighted by Gasteiger charge is -2.23. The van der Waals surface area contributed by atoms with Crippen molar-refractivity contribution in [1.82, 2.24) is 19.6 Å². The number of aliphatic hydroxyl groups excluding tert-OH is 1. The highest BCUT2D eigenvalue weighted by Gasteiger charge is 2.25. The summed E-state index contributed by atoms with van der Waals surface area (Å²) in [7, 11) is -0.271. The minimum atomic E-state index is -4.01. The zero-order valence-corrected chi connectivity index (χ0v) is 29.9. The van der Waals surface area contributed by atoms with Gasteiger partial charge in [-0.05, 0) is 37.7 Å². The van der Waals surface area contributed by atoms with Crippen molar-refractivity contribution in [3.63, 3.8) is 0 Å². The van der Waals surface area contributed by atoms with Crippen LogP contribution in [0.25, 0.3) is 10.8 Å². The Morgan fingerprint density at radius 3 is 2.37 bits per heavy atom. The third kappa shape index (κ3) is 9.86. The lowest BCUT2D eigenvalue weighted by atomic mass is 10.1. The maximum Gasteiger partial charge on any atom is 0.241 e. The molecule has 0 fully saturated rings. The van der Waals surface area contributed by atoms with Crippen LogP contribution >= 0.6 is 24.2 Å². The van der Waals surface area contributed by atoms with Crippen molar-refractivity contribution >= 4 is 73.8 Å². The number of amides is 1. The van der Waals surface area contributed by atoms with Crippen LogP contribution in [0.1, 0.15) is 41.5 Å². The minimum Gasteiger partial charge on any atom is -0.385 e. The Balaban J connectivity index is 0.00000650. The average molecular weight is 727 g/mol. The second-order valence-corrected chi connectivity index (χ2v) is 14.0. The molecule has 1 atom stereocenters. The number of carbonyl (C=O) groups is 3. The highest BCUT2D eigenvalue weighted by atomic mass is 35.5. The molecule has 49 heavy (non-hydrogen) atoms. The van der Waals surface area contributed by atoms with Crippen LogP contribution in [0.4, 0.5) is 11.5 Å². The predicted molar refractivity (Wildman–Crippen MR) is 195 cm³/mol. The van der Waals surface area contributed by atoms with Gasteiger partial charge >= 0.3 is 0 Å². The summed E-state index contributed by atoms with van der Waals surface area (Å²) in [6.45, 7) is 3.00. The average Bonchev–Trinajstić information content (AvgIpc) is 3.06. The number of nitrogen functional groups attached to an aromatic ring is 1. The number of hydrogen-bond acceptors (Lipinski definition) is 11. The standard InChI is InChI=1S/C34H38N6O6S2.ClH/c1-22(40(21-41)20-25-19-36-23(2)38-33(25)35)31(47-34(44)24-10-6-5-7-11-24)18-30(43)29(42)16-17-37-48(45,46)32-15-9-12-26-27(32)13-8-14-28(26)39(3)4;/h5-15,19,21,30,37,43H,16-18,20H2,1-4H3,(H2,35,36,38);1H. The number of carbonyl (C=O) groups excluding carboxylic acids is 3. The first-order chi connectivity index (χ1) is 22.8. The molecule has 12 nitrogen and oxygen atoms in total. The Morgan fingerprint density at radius 1 is 1.04 bits per heavy atom. The summed E-state index contributed by atoms with van der Waals surface area (Å²) in [5.74, 6) is 0.0128. The molecular formula is C34H39ClN6O6S2. The normalized spacial score (nSPS) is 12.4. The zero-order chi connectivity index (χ0) is 35.0. The smallest absolute Gasteiger partial charge is 0.241 e. The first kappa shape index (κ1) is 39.1. The van der Waals surface area contributed by atoms with Gasteiger partial charge in [-0.1, -0.05) is 54.6 Å². The second-order valence-electron chi connectivity index (χ2n) is 11.2. The number of nitrogens with zero attached hydrogens (tertiary/aromatic N) is 4. The first-order valence-electron chi connectivity index (χ1n) is 15.0. The lowest BCUT2D eigenvalue weighted by Crippen LogP contribution is -2.30. The molecule has 0 aliphatic heterocycles. The molecule has 0 spiro atoms. The summed E-state index contributed by atoms with van der Waals surface area (Å²) in [6.07, 6.45) is -0.132. The van der Waals surface area contributed by atoms with Crippen LogP contribution in [-0.4, -0.2) is 72.4 Å². The van der Waals surface area contributed by atoms with Gasteiger partial charge in [0.2, 0.25) is 21.5 Å². The molecule has 4 N–H and O–H groups in total. The number of rotatable bonds is 15. The first-order valence-corrected chi connectivity index (χ1v) is 17.3. The SMILES string of the molecule is CC(=C(CC(O)C(=O)CCNS(=O)(=O)c1cccc2c(N(C)C)cccc12)SC(=O)c1ccccc1)N(C=O)Cc1cnc(C)nc1N.Cl. The summed E-state index contributed by atoms with van der Waals surface area (Å²) in [4.78, 5) is 50.3. The molecule has 1 heterocycles. The molecule has 0 bridgehead atoms. The summed E-state index contributed by atoms with van der Waals surface area (Å²) in [5, 5.41) is 11.9. The van der Waals surface area contributed by atoms with Crippen LogP contribution in [0.5, 0.6) is 0 Å². The largest absolute Gasteiger partial charge is 0.385 e. The molecule has 1 unspecified atom stereocenters. The van der Waals surface area contributed by atoms with Crippen molar-refractivity contribution in [1.29, 1.82) is 0 Å². The van der Waals surface area contributed by atoms with Gasteiger partial charge in [0.05, 0.1) is 11.4 Å². The van der Waals surface area contributed by atoms with Gasteiger partial charge in [0.1, 0.15) is 17.7 Å². The number of aryl methyl sites for hydroxylation is 1. The van der Waals surface area contributed by atoms with Crippen LogP contribution in [0.2, 0.25) is 0 Å². The van der Waals surface area contributed by atoms with Gasteiger partial charge in [-0.2, -0.15) is 0 Å². The van der Waals surface area contributed by atoms with Crippen molar-refractivity contribution < 1.29 is 27.9 Å². The Bertz CT molecular complexity index is 1960. The number of thioether (sulfide) groups is 1. The molecule has 4 aromatic rings. The van der Waals surface area contributed by atoms with Gasteiger partial charge < -0.3 is 20.6 Å². The molecule has 0 saturated carbocycles. The van der Waals surface area contributed by atoms with Crippen LogP contribution in [0.15, 0.2) is 88.4 Å². The van der Waals surface area contributed by atoms with Crippen LogP contribution in [-0.2, 0) is 26.2 Å². The Kier molecular flexibility index (Phi) is 13.9. The fraction of sp³-hybridized carbons (Fsp3) is 0.265. The summed E-state index contributed by atoms with van der Waals surface area (Å²) >= 11 is 0.793. The monoisotopic (exact) mass is 726 g/mol. The number of nitrogens with two attached hydrogens (primary N) is 1. The number of aliphatic hydroxyl groups is 1. The van der Waals surface area contributed by atoms with Crippen molar-refractivity contribution in [3.8, 4) is 0 Å². The fourth-order valence-corrected chi connectivity index (χ4v) is 7.19. The molecule has 0 radical (unpaired) electrons. The van der Waals surface area contributed by atoms with E-state index < -0.39 is 21.9 Å². The molecule has 1 aromatic heterocycles. The molecule has 260 valence electrons. The van der Waals surface area contributed by atoms with Crippen LogP contribution in [0, 0.1) is 6.92 Å². The highest BCUT2D eigenvalue weighted by Crippen LogP contribution is 2.32. The molecule has 0 aliphatic rings. The maximum atomic E-state index is 13.3. The van der Waals surface area contributed by atoms with Gasteiger partial charge in [0, 0.05) is 77.9 Å². The van der Waals surface area contributed by atoms with Crippen molar-refractivity contribution in [3.05, 3.63) is 100 Å². The van der Waals surface area contributed by atoms with E-state index in [1.807, 2.05) is 31.1 Å². The number of Topliss-reactive ketones (excluding diaryl/α,β-unsaturated/α-hetero) is 1. The highest BCUT2D eigenvalue weighted by molar-refractivity contribution is 8.17. The van der Waals surface area contributed by atoms with E-state index in [1.165, 1.54) is 17.2 Å². The van der Waals surface area contributed by atoms with Crippen molar-refractivity contribution in [2.45, 2.75) is 44.2 Å². The second kappa shape index (κ2) is 17.4. The predicted octanol–water partition coefficient (Wildman–Crippen LogP) is 4.46. The topological polar surface area (TPSA) is 176 Å². The number of aromatic nitrogens is 2. The molecule has 0 saturated heterocycles. The molecule has 3 aromatic carbocycles. The van der Waals surface area contributed by atoms with E-state index in [0.717, 1.165) is 22.8 Å². The third-order valence-electron chi connectivity index (χ3n) is 7.59. The number of anilines is 2. The van der Waals surface area contributed by atoms with Gasteiger partial charge in [0.15, 0.2) is 5.78 Å². The Hall–Kier alpha value is -4.34. The van der Waals surface area contributed by atoms with Gasteiger partial charge in [-0.3, -0.25) is 14.4 Å². The summed E-state index contributed by atoms with van der Waals surface area (Å²) in [6, 6.07) is 18.8. The molecular weight excluding hydrogens is 688 g/mol. The van der Waals surface area contributed by atoms with E-state index in [0.29, 0.717) is 34.4 Å².